The summed E-state index contributed by atoms with van der Waals surface area (Å²) in [5.41, 5.74) is 3.15. The second-order valence-electron chi connectivity index (χ2n) is 5.89. The molecule has 0 fully saturated rings. The SMILES string of the molecule is CNc1cc(F)cc2c(=O)c3cc(-c4cccc(O)c4)ccc3[nH]c12. The molecule has 0 bridgehead atoms. The van der Waals surface area contributed by atoms with Crippen LogP contribution >= 0.6 is 0 Å². The summed E-state index contributed by atoms with van der Waals surface area (Å²) in [5.74, 6) is -0.309. The summed E-state index contributed by atoms with van der Waals surface area (Å²) in [6.07, 6.45) is 0. The van der Waals surface area contributed by atoms with Crippen molar-refractivity contribution in [2.24, 2.45) is 0 Å². The lowest BCUT2D eigenvalue weighted by atomic mass is 10.0. The Morgan fingerprint density at radius 3 is 2.56 bits per heavy atom. The molecule has 5 heteroatoms. The van der Waals surface area contributed by atoms with E-state index in [0.29, 0.717) is 27.5 Å². The van der Waals surface area contributed by atoms with Gasteiger partial charge in [-0.25, -0.2) is 4.39 Å². The number of hydrogen-bond donors (Lipinski definition) is 3. The van der Waals surface area contributed by atoms with Crippen molar-refractivity contribution < 1.29 is 9.50 Å². The van der Waals surface area contributed by atoms with Crippen LogP contribution in [0.1, 0.15) is 0 Å². The van der Waals surface area contributed by atoms with Crippen LogP contribution in [0.4, 0.5) is 10.1 Å². The molecule has 124 valence electrons. The molecule has 0 spiro atoms. The number of aromatic amines is 1. The van der Waals surface area contributed by atoms with Crippen molar-refractivity contribution >= 4 is 27.5 Å². The molecule has 3 N–H and O–H groups in total. The van der Waals surface area contributed by atoms with Crippen LogP contribution in [-0.2, 0) is 0 Å². The van der Waals surface area contributed by atoms with Crippen LogP contribution in [0.15, 0.2) is 59.4 Å². The van der Waals surface area contributed by atoms with E-state index in [1.54, 1.807) is 31.3 Å². The number of pyridine rings is 1. The van der Waals surface area contributed by atoms with Crippen molar-refractivity contribution in [2.45, 2.75) is 0 Å². The fraction of sp³-hybridized carbons (Fsp3) is 0.0500. The van der Waals surface area contributed by atoms with Gasteiger partial charge in [0.25, 0.3) is 0 Å². The molecule has 0 radical (unpaired) electrons. The number of anilines is 1. The molecule has 0 aliphatic carbocycles. The van der Waals surface area contributed by atoms with Crippen LogP contribution < -0.4 is 10.7 Å². The van der Waals surface area contributed by atoms with Gasteiger partial charge in [-0.2, -0.15) is 0 Å². The number of aromatic nitrogens is 1. The molecule has 0 amide bonds. The summed E-state index contributed by atoms with van der Waals surface area (Å²) >= 11 is 0. The molecule has 0 atom stereocenters. The van der Waals surface area contributed by atoms with E-state index in [-0.39, 0.29) is 11.2 Å². The first-order valence-corrected chi connectivity index (χ1v) is 7.83. The average molecular weight is 334 g/mol. The number of benzene rings is 3. The zero-order valence-electron chi connectivity index (χ0n) is 13.4. The third kappa shape index (κ3) is 2.50. The quantitative estimate of drug-likeness (QED) is 0.481. The van der Waals surface area contributed by atoms with Gasteiger partial charge in [0.15, 0.2) is 5.43 Å². The molecule has 4 nitrogen and oxygen atoms in total. The average Bonchev–Trinajstić information content (AvgIpc) is 2.62. The summed E-state index contributed by atoms with van der Waals surface area (Å²) in [5, 5.41) is 13.3. The first kappa shape index (κ1) is 15.2. The van der Waals surface area contributed by atoms with Crippen molar-refractivity contribution in [3.05, 3.63) is 70.6 Å². The standard InChI is InChI=1S/C20H15FN2O2/c1-22-18-10-13(21)9-16-19(18)23-17-6-5-12(8-15(17)20(16)25)11-3-2-4-14(24)7-11/h2-10,22,24H,1H3,(H,23,25). The van der Waals surface area contributed by atoms with E-state index in [0.717, 1.165) is 11.1 Å². The van der Waals surface area contributed by atoms with E-state index >= 15 is 0 Å². The van der Waals surface area contributed by atoms with Crippen molar-refractivity contribution in [3.8, 4) is 16.9 Å². The lowest BCUT2D eigenvalue weighted by molar-refractivity contribution is 0.475. The third-order valence-corrected chi connectivity index (χ3v) is 4.32. The largest absolute Gasteiger partial charge is 0.508 e. The normalized spacial score (nSPS) is 11.1. The first-order valence-electron chi connectivity index (χ1n) is 7.83. The first-order chi connectivity index (χ1) is 12.1. The van der Waals surface area contributed by atoms with E-state index in [4.69, 9.17) is 0 Å². The maximum absolute atomic E-state index is 13.8. The molecule has 0 aliphatic rings. The fourth-order valence-electron chi connectivity index (χ4n) is 3.10. The molecule has 0 saturated heterocycles. The van der Waals surface area contributed by atoms with Crippen molar-refractivity contribution in [2.75, 3.05) is 12.4 Å². The topological polar surface area (TPSA) is 65.1 Å². The Kier molecular flexibility index (Phi) is 3.42. The van der Waals surface area contributed by atoms with Gasteiger partial charge >= 0.3 is 0 Å². The summed E-state index contributed by atoms with van der Waals surface area (Å²) in [4.78, 5) is 16.1. The molecule has 3 aromatic carbocycles. The summed E-state index contributed by atoms with van der Waals surface area (Å²) in [6, 6.07) is 14.9. The second kappa shape index (κ2) is 5.63. The zero-order valence-corrected chi connectivity index (χ0v) is 13.4. The number of phenols is 1. The van der Waals surface area contributed by atoms with Crippen molar-refractivity contribution in [3.63, 3.8) is 0 Å². The number of fused-ring (bicyclic) bond motifs is 2. The van der Waals surface area contributed by atoms with Gasteiger partial charge in [0.05, 0.1) is 16.6 Å². The van der Waals surface area contributed by atoms with E-state index in [1.807, 2.05) is 18.2 Å². The van der Waals surface area contributed by atoms with Crippen molar-refractivity contribution in [1.82, 2.24) is 4.98 Å². The maximum Gasteiger partial charge on any atom is 0.197 e. The van der Waals surface area contributed by atoms with Crippen LogP contribution in [0.5, 0.6) is 5.75 Å². The lowest BCUT2D eigenvalue weighted by Crippen LogP contribution is -2.06. The summed E-state index contributed by atoms with van der Waals surface area (Å²) in [7, 11) is 1.68. The third-order valence-electron chi connectivity index (χ3n) is 4.32. The Hall–Kier alpha value is -3.34. The minimum absolute atomic E-state index is 0.158. The van der Waals surface area contributed by atoms with Gasteiger partial charge in [-0.1, -0.05) is 18.2 Å². The van der Waals surface area contributed by atoms with E-state index in [2.05, 4.69) is 10.3 Å². The zero-order chi connectivity index (χ0) is 17.6. The summed E-state index contributed by atoms with van der Waals surface area (Å²) < 4.78 is 13.8. The molecule has 4 aromatic rings. The molecule has 0 unspecified atom stereocenters. The molecule has 0 saturated carbocycles. The highest BCUT2D eigenvalue weighted by Crippen LogP contribution is 2.28. The number of rotatable bonds is 2. The number of hydrogen-bond acceptors (Lipinski definition) is 3. The molecular formula is C20H15FN2O2. The number of H-pyrrole nitrogens is 1. The highest BCUT2D eigenvalue weighted by Gasteiger charge is 2.11. The Balaban J connectivity index is 2.04. The second-order valence-corrected chi connectivity index (χ2v) is 5.89. The monoisotopic (exact) mass is 334 g/mol. The molecular weight excluding hydrogens is 319 g/mol. The highest BCUT2D eigenvalue weighted by atomic mass is 19.1. The predicted octanol–water partition coefficient (Wildman–Crippen LogP) is 4.23. The smallest absolute Gasteiger partial charge is 0.197 e. The van der Waals surface area contributed by atoms with Crippen LogP contribution in [0.25, 0.3) is 32.9 Å². The van der Waals surface area contributed by atoms with Crippen LogP contribution in [-0.4, -0.2) is 17.1 Å². The van der Waals surface area contributed by atoms with Gasteiger partial charge in [-0.3, -0.25) is 4.79 Å². The van der Waals surface area contributed by atoms with Crippen LogP contribution in [0.3, 0.4) is 0 Å². The van der Waals surface area contributed by atoms with E-state index in [1.165, 1.54) is 12.1 Å². The number of aromatic hydroxyl groups is 1. The van der Waals surface area contributed by atoms with Gasteiger partial charge in [0.2, 0.25) is 0 Å². The van der Waals surface area contributed by atoms with Gasteiger partial charge in [0, 0.05) is 18.0 Å². The van der Waals surface area contributed by atoms with Crippen molar-refractivity contribution in [1.29, 1.82) is 0 Å². The van der Waals surface area contributed by atoms with Crippen LogP contribution in [0, 0.1) is 5.82 Å². The molecule has 0 aliphatic heterocycles. The van der Waals surface area contributed by atoms with Gasteiger partial charge in [-0.15, -0.1) is 0 Å². The number of halogens is 1. The molecule has 25 heavy (non-hydrogen) atoms. The number of nitrogens with one attached hydrogen (secondary N) is 2. The minimum Gasteiger partial charge on any atom is -0.508 e. The molecule has 1 aromatic heterocycles. The Morgan fingerprint density at radius 1 is 1.00 bits per heavy atom. The van der Waals surface area contributed by atoms with E-state index in [9.17, 15) is 14.3 Å². The minimum atomic E-state index is -0.467. The molecule has 1 heterocycles. The van der Waals surface area contributed by atoms with Gasteiger partial charge in [-0.05, 0) is 47.5 Å². The Bertz CT molecular complexity index is 1180. The highest BCUT2D eigenvalue weighted by molar-refractivity contribution is 5.99. The Morgan fingerprint density at radius 2 is 1.80 bits per heavy atom. The van der Waals surface area contributed by atoms with Gasteiger partial charge < -0.3 is 15.4 Å². The molecule has 4 rings (SSSR count). The predicted molar refractivity (Wildman–Crippen MR) is 98.7 cm³/mol. The maximum atomic E-state index is 13.8. The number of phenolic OH excluding ortho intramolecular Hbond substituents is 1. The van der Waals surface area contributed by atoms with E-state index < -0.39 is 5.82 Å². The lowest BCUT2D eigenvalue weighted by Gasteiger charge is -2.10. The fourth-order valence-corrected chi connectivity index (χ4v) is 3.10. The Labute approximate surface area is 142 Å². The summed E-state index contributed by atoms with van der Waals surface area (Å²) in [6.45, 7) is 0. The van der Waals surface area contributed by atoms with Gasteiger partial charge in [0.1, 0.15) is 11.6 Å². The van der Waals surface area contributed by atoms with Crippen LogP contribution in [0.2, 0.25) is 0 Å².